The topological polar surface area (TPSA) is 170 Å². The minimum absolute atomic E-state index is 0.0711. The summed E-state index contributed by atoms with van der Waals surface area (Å²) in [6.07, 6.45) is 3.76. The van der Waals surface area contributed by atoms with Gasteiger partial charge in [0.25, 0.3) is 0 Å². The summed E-state index contributed by atoms with van der Waals surface area (Å²) in [5, 5.41) is 7.75. The number of nitrogens with two attached hydrogens (primary N) is 3. The Morgan fingerprint density at radius 2 is 1.92 bits per heavy atom. The summed E-state index contributed by atoms with van der Waals surface area (Å²) in [6.45, 7) is 0. The first-order valence-corrected chi connectivity index (χ1v) is 11.8. The van der Waals surface area contributed by atoms with Crippen LogP contribution in [-0.2, 0) is 16.0 Å². The van der Waals surface area contributed by atoms with Gasteiger partial charge in [-0.3, -0.25) is 14.7 Å². The number of fused-ring (bicyclic) bond motifs is 1. The number of imidazole rings is 1. The van der Waals surface area contributed by atoms with Crippen LogP contribution >= 0.6 is 11.6 Å². The maximum atomic E-state index is 17.1. The number of alkyl halides is 1. The molecule has 4 aromatic rings. The van der Waals surface area contributed by atoms with Gasteiger partial charge in [0, 0.05) is 16.5 Å². The third-order valence-corrected chi connectivity index (χ3v) is 6.88. The number of hydrogen-bond donors (Lipinski definition) is 5. The first kappa shape index (κ1) is 24.3. The number of nitrogens with zero attached hydrogens (tertiary/aromatic N) is 2. The highest BCUT2D eigenvalue weighted by Gasteiger charge is 2.50. The van der Waals surface area contributed by atoms with Gasteiger partial charge in [0.15, 0.2) is 11.5 Å². The SMILES string of the molecule is NC(=O)C1=CC(F)([C@@H](Cc2ccccc2)c2nc(-c3ccc4c(N)n[nH]c4c3)c(Cl)[nH]2)C(C(N)=O)C=C1. The van der Waals surface area contributed by atoms with E-state index in [1.165, 1.54) is 12.2 Å². The van der Waals surface area contributed by atoms with Crippen LogP contribution in [0.1, 0.15) is 17.3 Å². The molecule has 3 atom stereocenters. The van der Waals surface area contributed by atoms with E-state index in [-0.39, 0.29) is 23.0 Å². The number of carbonyl (C=O) groups is 2. The summed E-state index contributed by atoms with van der Waals surface area (Å²) < 4.78 is 17.1. The van der Waals surface area contributed by atoms with Crippen LogP contribution in [0.5, 0.6) is 0 Å². The van der Waals surface area contributed by atoms with E-state index in [0.717, 1.165) is 17.0 Å². The lowest BCUT2D eigenvalue weighted by Gasteiger charge is -2.36. The molecule has 5 rings (SSSR count). The van der Waals surface area contributed by atoms with Gasteiger partial charge in [-0.1, -0.05) is 60.2 Å². The molecule has 188 valence electrons. The maximum absolute atomic E-state index is 17.1. The molecule has 0 saturated heterocycles. The van der Waals surface area contributed by atoms with Gasteiger partial charge in [0.1, 0.15) is 16.7 Å². The average Bonchev–Trinajstić information content (AvgIpc) is 3.44. The van der Waals surface area contributed by atoms with Gasteiger partial charge in [0.2, 0.25) is 11.8 Å². The zero-order valence-electron chi connectivity index (χ0n) is 19.4. The number of halogens is 2. The van der Waals surface area contributed by atoms with Crippen molar-refractivity contribution in [3.63, 3.8) is 0 Å². The molecule has 1 aliphatic rings. The van der Waals surface area contributed by atoms with Crippen LogP contribution in [-0.4, -0.2) is 37.6 Å². The Bertz CT molecular complexity index is 1580. The van der Waals surface area contributed by atoms with Gasteiger partial charge in [0.05, 0.1) is 17.4 Å². The number of allylic oxidation sites excluding steroid dienone is 1. The smallest absolute Gasteiger partial charge is 0.248 e. The number of aromatic amines is 2. The van der Waals surface area contributed by atoms with Crippen molar-refractivity contribution >= 4 is 40.1 Å². The Kier molecular flexibility index (Phi) is 6.04. The largest absolute Gasteiger partial charge is 0.382 e. The van der Waals surface area contributed by atoms with Crippen molar-refractivity contribution < 1.29 is 14.0 Å². The summed E-state index contributed by atoms with van der Waals surface area (Å²) in [6, 6.07) is 14.5. The number of H-pyrrole nitrogens is 2. The summed E-state index contributed by atoms with van der Waals surface area (Å²) >= 11 is 6.56. The van der Waals surface area contributed by atoms with Crippen LogP contribution in [0.2, 0.25) is 5.15 Å². The van der Waals surface area contributed by atoms with Crippen molar-refractivity contribution in [3.8, 4) is 11.3 Å². The third kappa shape index (κ3) is 4.36. The summed E-state index contributed by atoms with van der Waals surface area (Å²) in [4.78, 5) is 32.0. The lowest BCUT2D eigenvalue weighted by Crippen LogP contribution is -2.47. The lowest BCUT2D eigenvalue weighted by atomic mass is 9.71. The molecule has 11 heteroatoms. The van der Waals surface area contributed by atoms with E-state index in [1.54, 1.807) is 18.2 Å². The molecular formula is C26H23ClFN7O2. The number of primary amides is 2. The Morgan fingerprint density at radius 1 is 1.16 bits per heavy atom. The molecule has 1 aliphatic carbocycles. The van der Waals surface area contributed by atoms with Crippen LogP contribution in [0.4, 0.5) is 10.2 Å². The molecule has 0 saturated carbocycles. The average molecular weight is 520 g/mol. The standard InChI is InChI=1S/C26H23ClFN7O2/c27-21-20(14-6-8-16-19(11-14)34-35-22(16)29)32-25(33-21)18(10-13-4-2-1-3-5-13)26(28)12-15(23(30)36)7-9-17(26)24(31)37/h1-9,11-12,17-18H,10H2,(H2,30,36)(H2,31,37)(H,32,33)(H3,29,34,35)/t17?,18-,26?/m0/s1. The minimum atomic E-state index is -2.43. The van der Waals surface area contributed by atoms with Crippen LogP contribution in [0.15, 0.2) is 72.3 Å². The minimum Gasteiger partial charge on any atom is -0.382 e. The van der Waals surface area contributed by atoms with E-state index in [1.807, 2.05) is 30.3 Å². The molecule has 37 heavy (non-hydrogen) atoms. The number of rotatable bonds is 7. The molecule has 0 bridgehead atoms. The van der Waals surface area contributed by atoms with Crippen LogP contribution in [0.25, 0.3) is 22.2 Å². The molecule has 2 heterocycles. The second-order valence-electron chi connectivity index (χ2n) is 8.93. The van der Waals surface area contributed by atoms with Crippen molar-refractivity contribution in [1.82, 2.24) is 20.2 Å². The fourth-order valence-electron chi connectivity index (χ4n) is 4.73. The van der Waals surface area contributed by atoms with Gasteiger partial charge in [-0.15, -0.1) is 0 Å². The fourth-order valence-corrected chi connectivity index (χ4v) is 4.98. The molecule has 0 aliphatic heterocycles. The van der Waals surface area contributed by atoms with E-state index >= 15 is 4.39 Å². The normalized spacial score (nSPS) is 20.1. The number of carbonyl (C=O) groups excluding carboxylic acids is 2. The molecule has 2 aromatic carbocycles. The predicted molar refractivity (Wildman–Crippen MR) is 139 cm³/mol. The molecule has 2 amide bonds. The predicted octanol–water partition coefficient (Wildman–Crippen LogP) is 3.31. The molecule has 0 radical (unpaired) electrons. The van der Waals surface area contributed by atoms with E-state index in [0.29, 0.717) is 22.6 Å². The highest BCUT2D eigenvalue weighted by molar-refractivity contribution is 6.32. The molecule has 0 spiro atoms. The number of nitrogens with one attached hydrogen (secondary N) is 2. The number of amides is 2. The Balaban J connectivity index is 1.65. The zero-order chi connectivity index (χ0) is 26.3. The van der Waals surface area contributed by atoms with Gasteiger partial charge in [-0.05, 0) is 30.2 Å². The van der Waals surface area contributed by atoms with Crippen LogP contribution in [0, 0.1) is 5.92 Å². The van der Waals surface area contributed by atoms with E-state index < -0.39 is 29.3 Å². The van der Waals surface area contributed by atoms with Crippen molar-refractivity contribution in [2.45, 2.75) is 18.0 Å². The van der Waals surface area contributed by atoms with Crippen molar-refractivity contribution in [2.75, 3.05) is 5.73 Å². The number of anilines is 1. The molecule has 9 nitrogen and oxygen atoms in total. The Morgan fingerprint density at radius 3 is 2.62 bits per heavy atom. The lowest BCUT2D eigenvalue weighted by molar-refractivity contribution is -0.124. The first-order valence-electron chi connectivity index (χ1n) is 11.4. The molecule has 8 N–H and O–H groups in total. The van der Waals surface area contributed by atoms with Crippen molar-refractivity contribution in [1.29, 1.82) is 0 Å². The van der Waals surface area contributed by atoms with Gasteiger partial charge >= 0.3 is 0 Å². The summed E-state index contributed by atoms with van der Waals surface area (Å²) in [7, 11) is 0. The molecule has 2 unspecified atom stereocenters. The number of hydrogen-bond acceptors (Lipinski definition) is 5. The van der Waals surface area contributed by atoms with E-state index in [4.69, 9.17) is 28.8 Å². The zero-order valence-corrected chi connectivity index (χ0v) is 20.2. The van der Waals surface area contributed by atoms with Crippen LogP contribution < -0.4 is 17.2 Å². The van der Waals surface area contributed by atoms with Gasteiger partial charge in [-0.25, -0.2) is 9.37 Å². The van der Waals surface area contributed by atoms with Gasteiger partial charge in [-0.2, -0.15) is 5.10 Å². The van der Waals surface area contributed by atoms with E-state index in [9.17, 15) is 9.59 Å². The van der Waals surface area contributed by atoms with Gasteiger partial charge < -0.3 is 22.2 Å². The molecular weight excluding hydrogens is 497 g/mol. The highest BCUT2D eigenvalue weighted by Crippen LogP contribution is 2.45. The fraction of sp³-hybridized carbons (Fsp3) is 0.154. The summed E-state index contributed by atoms with van der Waals surface area (Å²) in [5.41, 5.74) is 16.9. The molecule has 2 aromatic heterocycles. The first-order chi connectivity index (χ1) is 17.7. The second kappa shape index (κ2) is 9.21. The summed E-state index contributed by atoms with van der Waals surface area (Å²) in [5.74, 6) is -3.64. The van der Waals surface area contributed by atoms with E-state index in [2.05, 4.69) is 20.2 Å². The second-order valence-corrected chi connectivity index (χ2v) is 9.30. The van der Waals surface area contributed by atoms with Crippen molar-refractivity contribution in [2.24, 2.45) is 17.4 Å². The Labute approximate surface area is 215 Å². The van der Waals surface area contributed by atoms with Crippen LogP contribution in [0.3, 0.4) is 0 Å². The van der Waals surface area contributed by atoms with Crippen molar-refractivity contribution in [3.05, 3.63) is 88.9 Å². The third-order valence-electron chi connectivity index (χ3n) is 6.60. The monoisotopic (exact) mass is 519 g/mol. The maximum Gasteiger partial charge on any atom is 0.248 e. The Hall–Kier alpha value is -4.44. The molecule has 0 fully saturated rings. The quantitative estimate of drug-likeness (QED) is 0.252. The number of benzene rings is 2. The number of nitrogen functional groups attached to an aromatic ring is 1. The number of aromatic nitrogens is 4. The highest BCUT2D eigenvalue weighted by atomic mass is 35.5.